The molecule has 1 rings (SSSR count). The lowest BCUT2D eigenvalue weighted by atomic mass is 10.1. The maximum atomic E-state index is 11.7. The van der Waals surface area contributed by atoms with Crippen molar-refractivity contribution < 1.29 is 14.6 Å². The van der Waals surface area contributed by atoms with Crippen LogP contribution in [0.15, 0.2) is 18.2 Å². The molecule has 1 aromatic carbocycles. The molecule has 0 aliphatic heterocycles. The largest absolute Gasteiger partial charge is 0.482 e. The molecule has 1 aromatic rings. The number of carbonyl (C=O) groups excluding carboxylic acids is 1. The predicted octanol–water partition coefficient (Wildman–Crippen LogP) is 1.80. The molecule has 118 valence electrons. The fourth-order valence-corrected chi connectivity index (χ4v) is 2.14. The summed E-state index contributed by atoms with van der Waals surface area (Å²) in [4.78, 5) is 13.5. The summed E-state index contributed by atoms with van der Waals surface area (Å²) in [5.41, 5.74) is -1.01. The van der Waals surface area contributed by atoms with E-state index in [2.05, 4.69) is 5.32 Å². The Labute approximate surface area is 134 Å². The second-order valence-corrected chi connectivity index (χ2v) is 6.22. The Bertz CT molecular complexity index is 493. The fourth-order valence-electron chi connectivity index (χ4n) is 1.81. The van der Waals surface area contributed by atoms with E-state index >= 15 is 0 Å². The first-order chi connectivity index (χ1) is 9.69. The molecule has 1 atom stereocenters. The van der Waals surface area contributed by atoms with Crippen molar-refractivity contribution in [2.45, 2.75) is 12.5 Å². The van der Waals surface area contributed by atoms with Crippen LogP contribution in [0.2, 0.25) is 10.0 Å². The van der Waals surface area contributed by atoms with E-state index < -0.39 is 5.60 Å². The molecular formula is C14H20Cl2N2O3. The van der Waals surface area contributed by atoms with Crippen molar-refractivity contribution in [1.82, 2.24) is 10.2 Å². The van der Waals surface area contributed by atoms with Gasteiger partial charge >= 0.3 is 0 Å². The number of benzene rings is 1. The van der Waals surface area contributed by atoms with Gasteiger partial charge in [-0.15, -0.1) is 0 Å². The van der Waals surface area contributed by atoms with Crippen molar-refractivity contribution >= 4 is 29.1 Å². The number of hydrogen-bond acceptors (Lipinski definition) is 4. The lowest BCUT2D eigenvalue weighted by Gasteiger charge is -2.27. The van der Waals surface area contributed by atoms with Crippen LogP contribution in [-0.2, 0) is 4.79 Å². The topological polar surface area (TPSA) is 61.8 Å². The van der Waals surface area contributed by atoms with Crippen molar-refractivity contribution in [2.24, 2.45) is 0 Å². The van der Waals surface area contributed by atoms with Gasteiger partial charge in [-0.05, 0) is 33.2 Å². The zero-order valence-electron chi connectivity index (χ0n) is 12.3. The Balaban J connectivity index is 2.42. The van der Waals surface area contributed by atoms with Gasteiger partial charge in [0.2, 0.25) is 0 Å². The van der Waals surface area contributed by atoms with Crippen LogP contribution in [0.1, 0.15) is 6.92 Å². The highest BCUT2D eigenvalue weighted by atomic mass is 35.5. The molecule has 1 unspecified atom stereocenters. The fraction of sp³-hybridized carbons (Fsp3) is 0.500. The first-order valence-electron chi connectivity index (χ1n) is 6.41. The highest BCUT2D eigenvalue weighted by Gasteiger charge is 2.22. The molecule has 0 radical (unpaired) electrons. The van der Waals surface area contributed by atoms with Crippen molar-refractivity contribution in [2.75, 3.05) is 33.8 Å². The predicted molar refractivity (Wildman–Crippen MR) is 84.1 cm³/mol. The number of carbonyl (C=O) groups is 1. The number of amides is 1. The Morgan fingerprint density at radius 2 is 2.10 bits per heavy atom. The molecule has 0 aliphatic carbocycles. The van der Waals surface area contributed by atoms with Gasteiger partial charge in [0.15, 0.2) is 6.61 Å². The van der Waals surface area contributed by atoms with Crippen LogP contribution in [0.25, 0.3) is 0 Å². The van der Waals surface area contributed by atoms with Gasteiger partial charge in [0.05, 0.1) is 10.6 Å². The van der Waals surface area contributed by atoms with Crippen molar-refractivity contribution in [3.8, 4) is 5.75 Å². The Kier molecular flexibility index (Phi) is 6.74. The van der Waals surface area contributed by atoms with E-state index in [1.165, 1.54) is 0 Å². The number of likely N-dealkylation sites (N-methyl/N-ethyl adjacent to an activating group) is 1. The average molecular weight is 335 g/mol. The maximum Gasteiger partial charge on any atom is 0.258 e. The monoisotopic (exact) mass is 334 g/mol. The van der Waals surface area contributed by atoms with Crippen LogP contribution in [0, 0.1) is 0 Å². The van der Waals surface area contributed by atoms with Gasteiger partial charge in [-0.25, -0.2) is 0 Å². The van der Waals surface area contributed by atoms with Gasteiger partial charge in [-0.1, -0.05) is 23.2 Å². The molecule has 0 saturated heterocycles. The summed E-state index contributed by atoms with van der Waals surface area (Å²) < 4.78 is 5.31. The zero-order chi connectivity index (χ0) is 16.0. The second-order valence-electron chi connectivity index (χ2n) is 5.37. The SMILES string of the molecule is CN(C)CC(C)(O)CNC(=O)COc1cc(Cl)ccc1Cl. The third-order valence-corrected chi connectivity index (χ3v) is 3.12. The lowest BCUT2D eigenvalue weighted by Crippen LogP contribution is -2.47. The molecule has 0 bridgehead atoms. The van der Waals surface area contributed by atoms with E-state index in [1.807, 2.05) is 19.0 Å². The van der Waals surface area contributed by atoms with E-state index in [-0.39, 0.29) is 19.1 Å². The van der Waals surface area contributed by atoms with Gasteiger partial charge in [-0.2, -0.15) is 0 Å². The van der Waals surface area contributed by atoms with Crippen LogP contribution in [0.4, 0.5) is 0 Å². The highest BCUT2D eigenvalue weighted by molar-refractivity contribution is 6.34. The number of nitrogens with one attached hydrogen (secondary N) is 1. The third-order valence-electron chi connectivity index (χ3n) is 2.58. The summed E-state index contributed by atoms with van der Waals surface area (Å²) in [5.74, 6) is 0.00411. The summed E-state index contributed by atoms with van der Waals surface area (Å²) in [6, 6.07) is 4.77. The van der Waals surface area contributed by atoms with Crippen LogP contribution >= 0.6 is 23.2 Å². The lowest BCUT2D eigenvalue weighted by molar-refractivity contribution is -0.124. The molecule has 1 amide bonds. The maximum absolute atomic E-state index is 11.7. The molecule has 5 nitrogen and oxygen atoms in total. The molecule has 0 heterocycles. The molecule has 7 heteroatoms. The molecule has 2 N–H and O–H groups in total. The van der Waals surface area contributed by atoms with Gasteiger partial charge in [0, 0.05) is 24.2 Å². The summed E-state index contributed by atoms with van der Waals surface area (Å²) in [6.45, 7) is 2.03. The van der Waals surface area contributed by atoms with Crippen molar-refractivity contribution in [3.05, 3.63) is 28.2 Å². The standard InChI is InChI=1S/C14H20Cl2N2O3/c1-14(20,9-18(2)3)8-17-13(19)7-21-12-6-10(15)4-5-11(12)16/h4-6,20H,7-9H2,1-3H3,(H,17,19). The summed E-state index contributed by atoms with van der Waals surface area (Å²) >= 11 is 11.8. The van der Waals surface area contributed by atoms with Gasteiger partial charge < -0.3 is 20.1 Å². The highest BCUT2D eigenvalue weighted by Crippen LogP contribution is 2.27. The molecular weight excluding hydrogens is 315 g/mol. The average Bonchev–Trinajstić information content (AvgIpc) is 2.36. The Hall–Kier alpha value is -1.01. The summed E-state index contributed by atoms with van der Waals surface area (Å²) in [7, 11) is 3.70. The second kappa shape index (κ2) is 7.84. The molecule has 21 heavy (non-hydrogen) atoms. The van der Waals surface area contributed by atoms with Gasteiger partial charge in [-0.3, -0.25) is 4.79 Å². The van der Waals surface area contributed by atoms with E-state index in [4.69, 9.17) is 27.9 Å². The van der Waals surface area contributed by atoms with Crippen molar-refractivity contribution in [1.29, 1.82) is 0 Å². The van der Waals surface area contributed by atoms with E-state index in [0.717, 1.165) is 0 Å². The number of ether oxygens (including phenoxy) is 1. The quantitative estimate of drug-likeness (QED) is 0.798. The first-order valence-corrected chi connectivity index (χ1v) is 7.17. The van der Waals surface area contributed by atoms with Crippen molar-refractivity contribution in [3.63, 3.8) is 0 Å². The molecule has 0 aromatic heterocycles. The molecule has 0 spiro atoms. The molecule has 0 fully saturated rings. The summed E-state index contributed by atoms with van der Waals surface area (Å²) in [6.07, 6.45) is 0. The van der Waals surface area contributed by atoms with E-state index in [1.54, 1.807) is 25.1 Å². The van der Waals surface area contributed by atoms with Crippen LogP contribution in [0.5, 0.6) is 5.75 Å². The summed E-state index contributed by atoms with van der Waals surface area (Å²) in [5, 5.41) is 13.5. The minimum atomic E-state index is -1.01. The smallest absolute Gasteiger partial charge is 0.258 e. The normalized spacial score (nSPS) is 13.9. The Morgan fingerprint density at radius 3 is 2.71 bits per heavy atom. The van der Waals surface area contributed by atoms with Crippen LogP contribution in [0.3, 0.4) is 0 Å². The Morgan fingerprint density at radius 1 is 1.43 bits per heavy atom. The molecule has 0 saturated carbocycles. The minimum Gasteiger partial charge on any atom is -0.482 e. The first kappa shape index (κ1) is 18.0. The number of halogens is 2. The number of aliphatic hydroxyl groups is 1. The third kappa shape index (κ3) is 7.00. The number of nitrogens with zero attached hydrogens (tertiary/aromatic N) is 1. The number of rotatable bonds is 7. The van der Waals surface area contributed by atoms with E-state index in [0.29, 0.717) is 22.3 Å². The van der Waals surface area contributed by atoms with E-state index in [9.17, 15) is 9.90 Å². The van der Waals surface area contributed by atoms with Crippen LogP contribution in [-0.4, -0.2) is 55.3 Å². The van der Waals surface area contributed by atoms with Gasteiger partial charge in [0.25, 0.3) is 5.91 Å². The minimum absolute atomic E-state index is 0.136. The van der Waals surface area contributed by atoms with Gasteiger partial charge in [0.1, 0.15) is 5.75 Å². The molecule has 0 aliphatic rings. The zero-order valence-corrected chi connectivity index (χ0v) is 13.8. The number of hydrogen-bond donors (Lipinski definition) is 2. The van der Waals surface area contributed by atoms with Crippen LogP contribution < -0.4 is 10.1 Å².